The number of carbonyl (C=O) groups is 1. The summed E-state index contributed by atoms with van der Waals surface area (Å²) in [6.45, 7) is 1.95. The van der Waals surface area contributed by atoms with Crippen LogP contribution in [-0.4, -0.2) is 31.5 Å². The maximum atomic E-state index is 10.1. The largest absolute Gasteiger partial charge is 0.761 e. The van der Waals surface area contributed by atoms with Crippen LogP contribution in [0, 0.1) is 11.5 Å². The van der Waals surface area contributed by atoms with Crippen molar-refractivity contribution in [1.29, 1.82) is 5.26 Å². The van der Waals surface area contributed by atoms with Gasteiger partial charge in [0.15, 0.2) is 6.19 Å². The predicted octanol–water partition coefficient (Wildman–Crippen LogP) is -1.40. The smallest absolute Gasteiger partial charge is 0.511 e. The highest BCUT2D eigenvalue weighted by atomic mass is 28.3. The van der Waals surface area contributed by atoms with E-state index in [4.69, 9.17) is 19.3 Å². The van der Waals surface area contributed by atoms with Crippen molar-refractivity contribution in [1.82, 2.24) is 5.32 Å². The van der Waals surface area contributed by atoms with Gasteiger partial charge < -0.3 is 14.3 Å². The summed E-state index contributed by atoms with van der Waals surface area (Å²) >= 11 is 0. The summed E-state index contributed by atoms with van der Waals surface area (Å²) in [5, 5.41) is 9.59. The Morgan fingerprint density at radius 1 is 1.75 bits per heavy atom. The Morgan fingerprint density at radius 2 is 2.17 bits per heavy atom. The van der Waals surface area contributed by atoms with E-state index in [0.29, 0.717) is 0 Å². The summed E-state index contributed by atoms with van der Waals surface area (Å²) in [6, 6.07) is 0. The number of hydrogen-bond donors (Lipinski definition) is 3. The first-order valence-electron chi connectivity index (χ1n) is 2.78. The third-order valence-corrected chi connectivity index (χ3v) is 0.433. The van der Waals surface area contributed by atoms with Crippen molar-refractivity contribution >= 4 is 15.3 Å². The maximum Gasteiger partial charge on any atom is 0.761 e. The first-order chi connectivity index (χ1) is 5.54. The molecule has 7 nitrogen and oxygen atoms in total. The topological polar surface area (TPSA) is 120 Å². The lowest BCUT2D eigenvalue weighted by Gasteiger charge is -1.93. The number of alkyl carbamates (subject to hydrolysis) is 1. The van der Waals surface area contributed by atoms with Crippen LogP contribution in [0.5, 0.6) is 0 Å². The lowest BCUT2D eigenvalue weighted by molar-refractivity contribution is 0.157. The second-order valence-corrected chi connectivity index (χ2v) is 1.80. The van der Waals surface area contributed by atoms with Crippen molar-refractivity contribution in [3.63, 3.8) is 0 Å². The van der Waals surface area contributed by atoms with E-state index >= 15 is 0 Å². The highest BCUT2D eigenvalue weighted by molar-refractivity contribution is 6.22. The van der Waals surface area contributed by atoms with Gasteiger partial charge in [0, 0.05) is 0 Å². The number of carbonyl (C=O) groups excluding carboxylic acids is 1. The van der Waals surface area contributed by atoms with Crippen molar-refractivity contribution in [2.45, 2.75) is 6.92 Å². The van der Waals surface area contributed by atoms with Gasteiger partial charge in [0.05, 0.1) is 6.61 Å². The number of nitriles is 1. The van der Waals surface area contributed by atoms with Crippen LogP contribution >= 0.6 is 0 Å². The van der Waals surface area contributed by atoms with Gasteiger partial charge in [0.25, 0.3) is 0 Å². The van der Waals surface area contributed by atoms with Gasteiger partial charge in [0.2, 0.25) is 0 Å². The lowest BCUT2D eigenvalue weighted by atomic mass is 10.9. The fraction of sp³-hybridized carbons (Fsp3) is 0.500. The molecule has 0 aliphatic heterocycles. The molecule has 0 fully saturated rings. The molecule has 0 aliphatic carbocycles. The van der Waals surface area contributed by atoms with E-state index in [1.54, 1.807) is 12.2 Å². The summed E-state index contributed by atoms with van der Waals surface area (Å²) in [5.41, 5.74) is 0. The molecule has 0 radical (unpaired) electrons. The summed E-state index contributed by atoms with van der Waals surface area (Å²) in [4.78, 5) is 24.4. The van der Waals surface area contributed by atoms with Crippen molar-refractivity contribution in [2.75, 3.05) is 6.61 Å². The molecule has 0 aliphatic rings. The SMILES string of the molecule is CCOC(=O)NC#N.O=[Si](O)O. The zero-order valence-corrected chi connectivity index (χ0v) is 7.27. The molecule has 0 aromatic carbocycles. The predicted molar refractivity (Wildman–Crippen MR) is 36.6 cm³/mol. The van der Waals surface area contributed by atoms with Crippen LogP contribution in [0.2, 0.25) is 0 Å². The maximum absolute atomic E-state index is 10.1. The lowest BCUT2D eigenvalue weighted by Crippen LogP contribution is -2.18. The Balaban J connectivity index is 0. The first kappa shape index (κ1) is 13.0. The van der Waals surface area contributed by atoms with Crippen LogP contribution in [0.15, 0.2) is 0 Å². The van der Waals surface area contributed by atoms with Crippen LogP contribution in [0.3, 0.4) is 0 Å². The average Bonchev–Trinajstić information content (AvgIpc) is 1.87. The van der Waals surface area contributed by atoms with Gasteiger partial charge in [-0.25, -0.2) is 10.1 Å². The number of nitrogens with one attached hydrogen (secondary N) is 1. The Bertz CT molecular complexity index is 184. The van der Waals surface area contributed by atoms with Gasteiger partial charge in [0.1, 0.15) is 0 Å². The molecular weight excluding hydrogens is 184 g/mol. The molecule has 8 heteroatoms. The van der Waals surface area contributed by atoms with E-state index in [1.165, 1.54) is 6.19 Å². The zero-order valence-electron chi connectivity index (χ0n) is 6.27. The highest BCUT2D eigenvalue weighted by Crippen LogP contribution is 1.71. The first-order valence-corrected chi connectivity index (χ1v) is 4.08. The minimum atomic E-state index is -3.13. The zero-order chi connectivity index (χ0) is 9.98. The second-order valence-electron chi connectivity index (χ2n) is 1.24. The van der Waals surface area contributed by atoms with Crippen molar-refractivity contribution in [3.05, 3.63) is 0 Å². The number of amides is 1. The molecule has 0 unspecified atom stereocenters. The molecule has 68 valence electrons. The van der Waals surface area contributed by atoms with Crippen molar-refractivity contribution in [3.8, 4) is 6.19 Å². The number of hydrogen-bond acceptors (Lipinski definition) is 4. The highest BCUT2D eigenvalue weighted by Gasteiger charge is 1.93. The molecule has 0 saturated heterocycles. The van der Waals surface area contributed by atoms with E-state index < -0.39 is 15.3 Å². The van der Waals surface area contributed by atoms with Crippen LogP contribution in [0.1, 0.15) is 6.92 Å². The van der Waals surface area contributed by atoms with E-state index in [1.807, 2.05) is 0 Å². The van der Waals surface area contributed by atoms with Gasteiger partial charge >= 0.3 is 15.3 Å². The fourth-order valence-corrected chi connectivity index (χ4v) is 0.213. The summed E-state index contributed by atoms with van der Waals surface area (Å²) in [7, 11) is -3.13. The summed E-state index contributed by atoms with van der Waals surface area (Å²) in [6.07, 6.45) is 0.729. The van der Waals surface area contributed by atoms with E-state index in [-0.39, 0.29) is 6.61 Å². The molecule has 0 heterocycles. The minimum Gasteiger partial charge on any atom is -0.511 e. The van der Waals surface area contributed by atoms with E-state index in [0.717, 1.165) is 0 Å². The van der Waals surface area contributed by atoms with Gasteiger partial charge in [-0.2, -0.15) is 5.26 Å². The fourth-order valence-electron chi connectivity index (χ4n) is 0.213. The van der Waals surface area contributed by atoms with Crippen LogP contribution < -0.4 is 5.32 Å². The molecule has 0 rings (SSSR count). The van der Waals surface area contributed by atoms with Gasteiger partial charge in [-0.1, -0.05) is 0 Å². The standard InChI is InChI=1S/C4H6N2O2.H2O3Si/c1-2-8-4(7)6-3-5;1-4(2)3/h2H2,1H3,(H,6,7);1-2H. The van der Waals surface area contributed by atoms with Gasteiger partial charge in [-0.3, -0.25) is 4.46 Å². The average molecular weight is 192 g/mol. The number of rotatable bonds is 1. The Morgan fingerprint density at radius 3 is 2.42 bits per heavy atom. The molecule has 0 spiro atoms. The van der Waals surface area contributed by atoms with Crippen LogP contribution in [0.4, 0.5) is 4.79 Å². The van der Waals surface area contributed by atoms with Gasteiger partial charge in [-0.05, 0) is 6.92 Å². The van der Waals surface area contributed by atoms with Crippen molar-refractivity contribution in [2.24, 2.45) is 0 Å². The quantitative estimate of drug-likeness (QED) is 0.267. The third-order valence-electron chi connectivity index (χ3n) is 0.433. The molecule has 1 amide bonds. The van der Waals surface area contributed by atoms with Crippen LogP contribution in [-0.2, 0) is 9.20 Å². The van der Waals surface area contributed by atoms with Gasteiger partial charge in [-0.15, -0.1) is 0 Å². The number of ether oxygens (including phenoxy) is 1. The molecule has 0 atom stereocenters. The normalized spacial score (nSPS) is 6.67. The molecule has 0 aromatic heterocycles. The second kappa shape index (κ2) is 9.38. The molecule has 0 bridgehead atoms. The van der Waals surface area contributed by atoms with Crippen molar-refractivity contribution < 1.29 is 23.6 Å². The number of nitrogens with zero attached hydrogens (tertiary/aromatic N) is 1. The molecule has 12 heavy (non-hydrogen) atoms. The van der Waals surface area contributed by atoms with E-state index in [2.05, 4.69) is 4.74 Å². The van der Waals surface area contributed by atoms with E-state index in [9.17, 15) is 4.79 Å². The third kappa shape index (κ3) is 23.8. The molecule has 0 saturated carbocycles. The Kier molecular flexibility index (Phi) is 10.2. The molecule has 0 aromatic rings. The summed E-state index contributed by atoms with van der Waals surface area (Å²) in [5.74, 6) is 0. The Hall–Kier alpha value is -1.62. The minimum absolute atomic E-state index is 0.285. The van der Waals surface area contributed by atoms with Crippen LogP contribution in [0.25, 0.3) is 0 Å². The monoisotopic (exact) mass is 192 g/mol. The molecule has 3 N–H and O–H groups in total. The summed E-state index contributed by atoms with van der Waals surface area (Å²) < 4.78 is 13.1. The molecular formula is C4H8N2O5Si. The Labute approximate surface area is 70.1 Å².